The molecule has 0 saturated carbocycles. The van der Waals surface area contributed by atoms with Crippen LogP contribution in [0.5, 0.6) is 5.75 Å². The van der Waals surface area contributed by atoms with E-state index in [0.717, 1.165) is 29.6 Å². The monoisotopic (exact) mass is 347 g/mol. The summed E-state index contributed by atoms with van der Waals surface area (Å²) in [5, 5.41) is 3.58. The Balaban J connectivity index is 2.09. The van der Waals surface area contributed by atoms with Gasteiger partial charge in [-0.25, -0.2) is 0 Å². The molecule has 112 valence electrons. The first-order chi connectivity index (χ1) is 10.2. The second-order valence-electron chi connectivity index (χ2n) is 5.10. The molecule has 0 spiro atoms. The molecule has 0 aliphatic heterocycles. The van der Waals surface area contributed by atoms with Crippen molar-refractivity contribution in [2.24, 2.45) is 0 Å². The van der Waals surface area contributed by atoms with Gasteiger partial charge in [-0.2, -0.15) is 0 Å². The molecule has 0 amide bonds. The summed E-state index contributed by atoms with van der Waals surface area (Å²) in [5.74, 6) is 0.969. The fourth-order valence-electron chi connectivity index (χ4n) is 2.55. The Bertz CT molecular complexity index is 553. The first-order valence-electron chi connectivity index (χ1n) is 7.32. The molecule has 1 N–H and O–H groups in total. The van der Waals surface area contributed by atoms with Crippen LogP contribution in [0.4, 0.5) is 0 Å². The number of rotatable bonds is 7. The highest BCUT2D eigenvalue weighted by Gasteiger charge is 2.12. The van der Waals surface area contributed by atoms with Crippen molar-refractivity contribution in [2.75, 3.05) is 13.7 Å². The molecule has 2 aromatic rings. The van der Waals surface area contributed by atoms with E-state index in [-0.39, 0.29) is 0 Å². The molecule has 0 aliphatic rings. The minimum Gasteiger partial charge on any atom is -0.496 e. The van der Waals surface area contributed by atoms with E-state index in [9.17, 15) is 0 Å². The van der Waals surface area contributed by atoms with Crippen LogP contribution in [0.3, 0.4) is 0 Å². The number of methoxy groups -OCH3 is 1. The summed E-state index contributed by atoms with van der Waals surface area (Å²) in [6.45, 7) is 3.12. The number of hydrogen-bond donors (Lipinski definition) is 1. The SMILES string of the molecule is CCNC(Cc1ccc(Br)cc1)Cc1ccccc1OC. The predicted octanol–water partition coefficient (Wildman–Crippen LogP) is 4.22. The lowest BCUT2D eigenvalue weighted by Gasteiger charge is -2.19. The molecule has 2 aromatic carbocycles. The van der Waals surface area contributed by atoms with Gasteiger partial charge in [0.1, 0.15) is 5.75 Å². The molecule has 2 rings (SSSR count). The average molecular weight is 348 g/mol. The summed E-state index contributed by atoms with van der Waals surface area (Å²) in [4.78, 5) is 0. The Morgan fingerprint density at radius 1 is 1.05 bits per heavy atom. The molecule has 0 aliphatic carbocycles. The first-order valence-corrected chi connectivity index (χ1v) is 8.12. The van der Waals surface area contributed by atoms with Crippen molar-refractivity contribution >= 4 is 15.9 Å². The van der Waals surface area contributed by atoms with Crippen LogP contribution in [0.15, 0.2) is 53.0 Å². The molecule has 2 nitrogen and oxygen atoms in total. The zero-order valence-electron chi connectivity index (χ0n) is 12.6. The third kappa shape index (κ3) is 4.87. The van der Waals surface area contributed by atoms with Gasteiger partial charge in [-0.3, -0.25) is 0 Å². The maximum Gasteiger partial charge on any atom is 0.122 e. The topological polar surface area (TPSA) is 21.3 Å². The molecule has 1 unspecified atom stereocenters. The van der Waals surface area contributed by atoms with Crippen LogP contribution < -0.4 is 10.1 Å². The Labute approximate surface area is 135 Å². The molecule has 0 heterocycles. The van der Waals surface area contributed by atoms with Gasteiger partial charge >= 0.3 is 0 Å². The molecule has 3 heteroatoms. The minimum absolute atomic E-state index is 0.410. The van der Waals surface area contributed by atoms with Gasteiger partial charge in [0.2, 0.25) is 0 Å². The second kappa shape index (κ2) is 8.20. The van der Waals surface area contributed by atoms with Crippen LogP contribution in [0.2, 0.25) is 0 Å². The van der Waals surface area contributed by atoms with Gasteiger partial charge in [-0.15, -0.1) is 0 Å². The predicted molar refractivity (Wildman–Crippen MR) is 92.0 cm³/mol. The number of hydrogen-bond acceptors (Lipinski definition) is 2. The number of halogens is 1. The van der Waals surface area contributed by atoms with E-state index in [1.54, 1.807) is 7.11 Å². The average Bonchev–Trinajstić information content (AvgIpc) is 2.50. The van der Waals surface area contributed by atoms with Crippen LogP contribution in [-0.2, 0) is 12.8 Å². The lowest BCUT2D eigenvalue weighted by molar-refractivity contribution is 0.404. The lowest BCUT2D eigenvalue weighted by Crippen LogP contribution is -2.33. The third-order valence-electron chi connectivity index (χ3n) is 3.55. The van der Waals surface area contributed by atoms with E-state index < -0.39 is 0 Å². The highest BCUT2D eigenvalue weighted by molar-refractivity contribution is 9.10. The van der Waals surface area contributed by atoms with Crippen LogP contribution in [-0.4, -0.2) is 19.7 Å². The Morgan fingerprint density at radius 3 is 2.43 bits per heavy atom. The normalized spacial score (nSPS) is 12.1. The van der Waals surface area contributed by atoms with Crippen molar-refractivity contribution in [3.8, 4) is 5.75 Å². The maximum atomic E-state index is 5.46. The molecule has 0 aromatic heterocycles. The van der Waals surface area contributed by atoms with Crippen molar-refractivity contribution in [3.63, 3.8) is 0 Å². The number of benzene rings is 2. The summed E-state index contributed by atoms with van der Waals surface area (Å²) < 4.78 is 6.58. The summed E-state index contributed by atoms with van der Waals surface area (Å²) in [5.41, 5.74) is 2.60. The maximum absolute atomic E-state index is 5.46. The third-order valence-corrected chi connectivity index (χ3v) is 4.08. The summed E-state index contributed by atoms with van der Waals surface area (Å²) >= 11 is 3.48. The van der Waals surface area contributed by atoms with Crippen LogP contribution in [0.1, 0.15) is 18.1 Å². The second-order valence-corrected chi connectivity index (χ2v) is 6.02. The van der Waals surface area contributed by atoms with Crippen molar-refractivity contribution in [1.29, 1.82) is 0 Å². The van der Waals surface area contributed by atoms with Gasteiger partial charge in [0, 0.05) is 10.5 Å². The molecule has 0 fully saturated rings. The number of likely N-dealkylation sites (N-methyl/N-ethyl adjacent to an activating group) is 1. The van der Waals surface area contributed by atoms with E-state index in [1.807, 2.05) is 12.1 Å². The van der Waals surface area contributed by atoms with E-state index >= 15 is 0 Å². The standard InChI is InChI=1S/C18H22BrNO/c1-3-20-17(12-14-8-10-16(19)11-9-14)13-15-6-4-5-7-18(15)21-2/h4-11,17,20H,3,12-13H2,1-2H3. The van der Waals surface area contributed by atoms with Crippen LogP contribution in [0.25, 0.3) is 0 Å². The highest BCUT2D eigenvalue weighted by atomic mass is 79.9. The van der Waals surface area contributed by atoms with Gasteiger partial charge < -0.3 is 10.1 Å². The van der Waals surface area contributed by atoms with Crippen molar-refractivity contribution in [3.05, 3.63) is 64.1 Å². The fraction of sp³-hybridized carbons (Fsp3) is 0.333. The van der Waals surface area contributed by atoms with E-state index in [2.05, 4.69) is 64.6 Å². The van der Waals surface area contributed by atoms with Gasteiger partial charge in [0.15, 0.2) is 0 Å². The number of nitrogens with one attached hydrogen (secondary N) is 1. The molecule has 21 heavy (non-hydrogen) atoms. The Hall–Kier alpha value is -1.32. The zero-order valence-corrected chi connectivity index (χ0v) is 14.2. The molecule has 0 saturated heterocycles. The van der Waals surface area contributed by atoms with Gasteiger partial charge in [-0.1, -0.05) is 53.2 Å². The fourth-order valence-corrected chi connectivity index (χ4v) is 2.81. The highest BCUT2D eigenvalue weighted by Crippen LogP contribution is 2.20. The first kappa shape index (κ1) is 16.1. The summed E-state index contributed by atoms with van der Waals surface area (Å²) in [7, 11) is 1.73. The molecule has 1 atom stereocenters. The molecular formula is C18H22BrNO. The summed E-state index contributed by atoms with van der Waals surface area (Å²) in [6.07, 6.45) is 1.98. The quantitative estimate of drug-likeness (QED) is 0.809. The largest absolute Gasteiger partial charge is 0.496 e. The van der Waals surface area contributed by atoms with Gasteiger partial charge in [0.05, 0.1) is 7.11 Å². The van der Waals surface area contributed by atoms with Gasteiger partial charge in [-0.05, 0) is 48.7 Å². The van der Waals surface area contributed by atoms with Crippen LogP contribution in [0, 0.1) is 0 Å². The van der Waals surface area contributed by atoms with Crippen molar-refractivity contribution in [1.82, 2.24) is 5.32 Å². The van der Waals surface area contributed by atoms with Crippen molar-refractivity contribution < 1.29 is 4.74 Å². The summed E-state index contributed by atoms with van der Waals surface area (Å²) in [6, 6.07) is 17.2. The lowest BCUT2D eigenvalue weighted by atomic mass is 9.98. The van der Waals surface area contributed by atoms with Crippen molar-refractivity contribution in [2.45, 2.75) is 25.8 Å². The van der Waals surface area contributed by atoms with E-state index in [0.29, 0.717) is 6.04 Å². The molecule has 0 radical (unpaired) electrons. The van der Waals surface area contributed by atoms with Crippen LogP contribution >= 0.6 is 15.9 Å². The van der Waals surface area contributed by atoms with E-state index in [4.69, 9.17) is 4.74 Å². The van der Waals surface area contributed by atoms with Gasteiger partial charge in [0.25, 0.3) is 0 Å². The number of para-hydroxylation sites is 1. The van der Waals surface area contributed by atoms with E-state index in [1.165, 1.54) is 11.1 Å². The Kier molecular flexibility index (Phi) is 6.27. The smallest absolute Gasteiger partial charge is 0.122 e. The number of ether oxygens (including phenoxy) is 1. The zero-order chi connectivity index (χ0) is 15.1. The minimum atomic E-state index is 0.410. The Morgan fingerprint density at radius 2 is 1.76 bits per heavy atom. The molecular weight excluding hydrogens is 326 g/mol. The molecule has 0 bridgehead atoms.